The van der Waals surface area contributed by atoms with E-state index in [1.165, 1.54) is 7.11 Å². The number of nitrogens with one attached hydrogen (secondary N) is 1. The first kappa shape index (κ1) is 14.4. The summed E-state index contributed by atoms with van der Waals surface area (Å²) in [7, 11) is 3.16. The molecule has 0 saturated carbocycles. The topological polar surface area (TPSA) is 50.8 Å². The van der Waals surface area contributed by atoms with Crippen molar-refractivity contribution in [1.29, 1.82) is 0 Å². The number of methoxy groups -OCH3 is 2. The Morgan fingerprint density at radius 2 is 2.18 bits per heavy atom. The van der Waals surface area contributed by atoms with Crippen LogP contribution in [0.1, 0.15) is 20.3 Å². The minimum atomic E-state index is -0.254. The van der Waals surface area contributed by atoms with E-state index in [1.54, 1.807) is 7.11 Å². The lowest BCUT2D eigenvalue weighted by atomic mass is 10.2. The van der Waals surface area contributed by atoms with Crippen LogP contribution in [0, 0.1) is 0 Å². The molecule has 2 atom stereocenters. The van der Waals surface area contributed by atoms with Crippen molar-refractivity contribution in [3.63, 3.8) is 0 Å². The van der Waals surface area contributed by atoms with Crippen LogP contribution >= 0.6 is 0 Å². The molecule has 1 rings (SSSR count). The van der Waals surface area contributed by atoms with E-state index < -0.39 is 0 Å². The second-order valence-corrected chi connectivity index (χ2v) is 4.80. The minimum absolute atomic E-state index is 0.195. The molecule has 0 aromatic rings. The highest BCUT2D eigenvalue weighted by atomic mass is 16.5. The smallest absolute Gasteiger partial charge is 0.324 e. The van der Waals surface area contributed by atoms with Crippen LogP contribution in [0.5, 0.6) is 0 Å². The zero-order valence-electron chi connectivity index (χ0n) is 11.2. The van der Waals surface area contributed by atoms with E-state index in [1.807, 2.05) is 13.8 Å². The van der Waals surface area contributed by atoms with Gasteiger partial charge in [-0.1, -0.05) is 13.8 Å². The Morgan fingerprint density at radius 1 is 1.47 bits per heavy atom. The first-order valence-corrected chi connectivity index (χ1v) is 6.15. The van der Waals surface area contributed by atoms with Gasteiger partial charge >= 0.3 is 5.97 Å². The third-order valence-electron chi connectivity index (χ3n) is 3.02. The fourth-order valence-corrected chi connectivity index (χ4v) is 2.15. The molecule has 0 aliphatic carbocycles. The molecule has 1 aliphatic rings. The first-order chi connectivity index (χ1) is 8.06. The fraction of sp³-hybridized carbons (Fsp3) is 0.917. The lowest BCUT2D eigenvalue weighted by molar-refractivity contribution is -0.143. The molecule has 0 bridgehead atoms. The third-order valence-corrected chi connectivity index (χ3v) is 3.02. The van der Waals surface area contributed by atoms with E-state index in [0.717, 1.165) is 19.5 Å². The van der Waals surface area contributed by atoms with Crippen LogP contribution in [-0.2, 0) is 14.3 Å². The number of ether oxygens (including phenoxy) is 2. The second-order valence-electron chi connectivity index (χ2n) is 4.80. The molecule has 1 N–H and O–H groups in total. The highest BCUT2D eigenvalue weighted by Crippen LogP contribution is 2.12. The zero-order valence-corrected chi connectivity index (χ0v) is 11.2. The number of nitrogens with zero attached hydrogens (tertiary/aromatic N) is 1. The predicted octanol–water partition coefficient (Wildman–Crippen LogP) is 0.247. The van der Waals surface area contributed by atoms with Gasteiger partial charge in [-0.2, -0.15) is 0 Å². The van der Waals surface area contributed by atoms with Crippen LogP contribution in [0.2, 0.25) is 0 Å². The summed E-state index contributed by atoms with van der Waals surface area (Å²) in [5.74, 6) is -0.195. The lowest BCUT2D eigenvalue weighted by Crippen LogP contribution is -2.48. The maximum atomic E-state index is 11.6. The van der Waals surface area contributed by atoms with Gasteiger partial charge in [-0.25, -0.2) is 0 Å². The average Bonchev–Trinajstić information content (AvgIpc) is 2.74. The maximum absolute atomic E-state index is 11.6. The summed E-state index contributed by atoms with van der Waals surface area (Å²) >= 11 is 0. The van der Waals surface area contributed by atoms with Crippen LogP contribution in [0.15, 0.2) is 0 Å². The zero-order chi connectivity index (χ0) is 12.8. The summed E-state index contributed by atoms with van der Waals surface area (Å²) in [6, 6.07) is 0.00975. The number of hydrogen-bond donors (Lipinski definition) is 1. The molecular formula is C12H24N2O3. The standard InChI is InChI=1S/C12H24N2O3/c1-9(2)13-11(12(15)17-4)8-14-6-5-10(7-14)16-3/h9-11,13H,5-8H2,1-4H3. The van der Waals surface area contributed by atoms with E-state index in [2.05, 4.69) is 10.2 Å². The molecule has 17 heavy (non-hydrogen) atoms. The van der Waals surface area contributed by atoms with Crippen LogP contribution in [0.4, 0.5) is 0 Å². The molecule has 0 aromatic carbocycles. The van der Waals surface area contributed by atoms with Gasteiger partial charge in [-0.05, 0) is 6.42 Å². The van der Waals surface area contributed by atoms with Gasteiger partial charge < -0.3 is 14.8 Å². The van der Waals surface area contributed by atoms with E-state index in [4.69, 9.17) is 9.47 Å². The van der Waals surface area contributed by atoms with Gasteiger partial charge in [0.25, 0.3) is 0 Å². The fourth-order valence-electron chi connectivity index (χ4n) is 2.15. The van der Waals surface area contributed by atoms with Gasteiger partial charge in [-0.3, -0.25) is 9.69 Å². The Morgan fingerprint density at radius 3 is 2.65 bits per heavy atom. The maximum Gasteiger partial charge on any atom is 0.324 e. The number of carbonyl (C=O) groups is 1. The molecule has 0 radical (unpaired) electrons. The van der Waals surface area contributed by atoms with Crippen molar-refractivity contribution in [2.75, 3.05) is 33.9 Å². The Hall–Kier alpha value is -0.650. The largest absolute Gasteiger partial charge is 0.468 e. The SMILES string of the molecule is COC(=O)C(CN1CCC(OC)C1)NC(C)C. The van der Waals surface area contributed by atoms with Crippen molar-refractivity contribution in [3.05, 3.63) is 0 Å². The summed E-state index contributed by atoms with van der Waals surface area (Å²) in [4.78, 5) is 13.9. The quantitative estimate of drug-likeness (QED) is 0.679. The molecule has 1 heterocycles. The number of rotatable bonds is 6. The molecule has 0 spiro atoms. The number of carbonyl (C=O) groups excluding carboxylic acids is 1. The number of likely N-dealkylation sites (tertiary alicyclic amines) is 1. The molecule has 1 fully saturated rings. The summed E-state index contributed by atoms with van der Waals surface area (Å²) in [5, 5.41) is 3.23. The van der Waals surface area contributed by atoms with E-state index in [-0.39, 0.29) is 18.1 Å². The van der Waals surface area contributed by atoms with Gasteiger partial charge in [-0.15, -0.1) is 0 Å². The van der Waals surface area contributed by atoms with Gasteiger partial charge in [0, 0.05) is 32.8 Å². The molecule has 1 saturated heterocycles. The Labute approximate surface area is 103 Å². The average molecular weight is 244 g/mol. The van der Waals surface area contributed by atoms with Gasteiger partial charge in [0.15, 0.2) is 0 Å². The van der Waals surface area contributed by atoms with Crippen LogP contribution < -0.4 is 5.32 Å². The predicted molar refractivity (Wildman–Crippen MR) is 65.9 cm³/mol. The Balaban J connectivity index is 2.46. The molecule has 5 heteroatoms. The molecule has 1 aliphatic heterocycles. The second kappa shape index (κ2) is 6.93. The van der Waals surface area contributed by atoms with Gasteiger partial charge in [0.1, 0.15) is 6.04 Å². The van der Waals surface area contributed by atoms with Crippen molar-refractivity contribution in [3.8, 4) is 0 Å². The Bertz CT molecular complexity index is 246. The highest BCUT2D eigenvalue weighted by Gasteiger charge is 2.28. The summed E-state index contributed by atoms with van der Waals surface area (Å²) in [6.45, 7) is 6.61. The number of esters is 1. The molecule has 0 aromatic heterocycles. The monoisotopic (exact) mass is 244 g/mol. The van der Waals surface area contributed by atoms with Crippen LogP contribution in [0.25, 0.3) is 0 Å². The molecule has 0 amide bonds. The van der Waals surface area contributed by atoms with E-state index in [0.29, 0.717) is 12.6 Å². The van der Waals surface area contributed by atoms with Crippen molar-refractivity contribution in [2.24, 2.45) is 0 Å². The van der Waals surface area contributed by atoms with Gasteiger partial charge in [0.2, 0.25) is 0 Å². The van der Waals surface area contributed by atoms with Crippen LogP contribution in [0.3, 0.4) is 0 Å². The van der Waals surface area contributed by atoms with Crippen molar-refractivity contribution in [1.82, 2.24) is 10.2 Å². The number of hydrogen-bond acceptors (Lipinski definition) is 5. The lowest BCUT2D eigenvalue weighted by Gasteiger charge is -2.24. The highest BCUT2D eigenvalue weighted by molar-refractivity contribution is 5.76. The summed E-state index contributed by atoms with van der Waals surface area (Å²) in [6.07, 6.45) is 1.33. The van der Waals surface area contributed by atoms with Crippen molar-refractivity contribution >= 4 is 5.97 Å². The first-order valence-electron chi connectivity index (χ1n) is 6.15. The molecular weight excluding hydrogens is 220 g/mol. The minimum Gasteiger partial charge on any atom is -0.468 e. The van der Waals surface area contributed by atoms with Crippen molar-refractivity contribution < 1.29 is 14.3 Å². The van der Waals surface area contributed by atoms with Gasteiger partial charge in [0.05, 0.1) is 13.2 Å². The van der Waals surface area contributed by atoms with E-state index >= 15 is 0 Å². The molecule has 2 unspecified atom stereocenters. The summed E-state index contributed by atoms with van der Waals surface area (Å²) in [5.41, 5.74) is 0. The van der Waals surface area contributed by atoms with E-state index in [9.17, 15) is 4.79 Å². The normalized spacial score (nSPS) is 23.0. The van der Waals surface area contributed by atoms with Crippen LogP contribution in [-0.4, -0.2) is 62.9 Å². The molecule has 5 nitrogen and oxygen atoms in total. The summed E-state index contributed by atoms with van der Waals surface area (Å²) < 4.78 is 10.1. The van der Waals surface area contributed by atoms with Crippen molar-refractivity contribution in [2.45, 2.75) is 38.5 Å². The molecule has 100 valence electrons. The third kappa shape index (κ3) is 4.61. The Kier molecular flexibility index (Phi) is 5.88.